The third-order valence-electron chi connectivity index (χ3n) is 3.79. The zero-order chi connectivity index (χ0) is 9.71. The van der Waals surface area contributed by atoms with Gasteiger partial charge in [-0.1, -0.05) is 23.8 Å². The quantitative estimate of drug-likeness (QED) is 0.592. The Morgan fingerprint density at radius 1 is 1.50 bits per heavy atom. The molecule has 74 valence electrons. The van der Waals surface area contributed by atoms with E-state index in [-0.39, 0.29) is 12.1 Å². The summed E-state index contributed by atoms with van der Waals surface area (Å²) in [5.74, 6) is 1.79. The number of carbonyl (C=O) groups is 1. The molecule has 2 heteroatoms. The average Bonchev–Trinajstić information content (AvgIpc) is 2.68. The van der Waals surface area contributed by atoms with Gasteiger partial charge in [0.05, 0.1) is 0 Å². The molecule has 4 unspecified atom stereocenters. The normalized spacial score (nSPS) is 42.5. The van der Waals surface area contributed by atoms with Crippen molar-refractivity contribution in [3.8, 4) is 0 Å². The van der Waals surface area contributed by atoms with Gasteiger partial charge in [-0.25, -0.2) is 0 Å². The van der Waals surface area contributed by atoms with E-state index in [9.17, 15) is 4.79 Å². The molecule has 0 spiro atoms. The van der Waals surface area contributed by atoms with Crippen molar-refractivity contribution >= 4 is 5.97 Å². The lowest BCUT2D eigenvalue weighted by atomic mass is 9.85. The van der Waals surface area contributed by atoms with E-state index in [0.29, 0.717) is 11.8 Å². The molecule has 0 aromatic carbocycles. The third-order valence-corrected chi connectivity index (χ3v) is 3.79. The molecule has 2 fully saturated rings. The number of carbonyl (C=O) groups excluding carboxylic acids is 1. The SMILES string of the molecule is CC(=O)OC1CC2CC1C1=CC=CC12. The molecule has 0 saturated heterocycles. The first-order chi connectivity index (χ1) is 6.75. The van der Waals surface area contributed by atoms with Crippen molar-refractivity contribution in [3.63, 3.8) is 0 Å². The molecule has 0 aromatic heterocycles. The van der Waals surface area contributed by atoms with Gasteiger partial charge < -0.3 is 4.74 Å². The summed E-state index contributed by atoms with van der Waals surface area (Å²) in [7, 11) is 0. The van der Waals surface area contributed by atoms with Crippen molar-refractivity contribution in [2.24, 2.45) is 17.8 Å². The Bertz CT molecular complexity index is 340. The number of hydrogen-bond acceptors (Lipinski definition) is 2. The van der Waals surface area contributed by atoms with Crippen molar-refractivity contribution in [1.82, 2.24) is 0 Å². The van der Waals surface area contributed by atoms with Gasteiger partial charge in [0.1, 0.15) is 6.10 Å². The van der Waals surface area contributed by atoms with E-state index in [1.807, 2.05) is 0 Å². The van der Waals surface area contributed by atoms with Crippen LogP contribution in [0.2, 0.25) is 0 Å². The van der Waals surface area contributed by atoms with Gasteiger partial charge in [-0.05, 0) is 18.8 Å². The minimum Gasteiger partial charge on any atom is -0.462 e. The summed E-state index contributed by atoms with van der Waals surface area (Å²) >= 11 is 0. The van der Waals surface area contributed by atoms with Crippen molar-refractivity contribution in [3.05, 3.63) is 23.8 Å². The molecule has 3 aliphatic carbocycles. The second-order valence-electron chi connectivity index (χ2n) is 4.56. The largest absolute Gasteiger partial charge is 0.462 e. The second kappa shape index (κ2) is 2.72. The lowest BCUT2D eigenvalue weighted by molar-refractivity contribution is -0.147. The summed E-state index contributed by atoms with van der Waals surface area (Å²) in [4.78, 5) is 10.9. The molecule has 0 aliphatic heterocycles. The van der Waals surface area contributed by atoms with Gasteiger partial charge in [0, 0.05) is 18.8 Å². The van der Waals surface area contributed by atoms with Gasteiger partial charge >= 0.3 is 5.97 Å². The van der Waals surface area contributed by atoms with E-state index in [4.69, 9.17) is 4.74 Å². The number of esters is 1. The van der Waals surface area contributed by atoms with Gasteiger partial charge in [-0.2, -0.15) is 0 Å². The van der Waals surface area contributed by atoms with Gasteiger partial charge in [0.15, 0.2) is 0 Å². The Kier molecular flexibility index (Phi) is 1.61. The molecule has 3 rings (SSSR count). The molecule has 0 heterocycles. The molecule has 0 aromatic rings. The van der Waals surface area contributed by atoms with Crippen LogP contribution < -0.4 is 0 Å². The predicted octanol–water partition coefficient (Wildman–Crippen LogP) is 2.07. The lowest BCUT2D eigenvalue weighted by Crippen LogP contribution is -2.27. The minimum atomic E-state index is -0.134. The molecule has 4 atom stereocenters. The first-order valence-electron chi connectivity index (χ1n) is 5.31. The highest BCUT2D eigenvalue weighted by Gasteiger charge is 2.50. The van der Waals surface area contributed by atoms with Crippen LogP contribution in [0.4, 0.5) is 0 Å². The minimum absolute atomic E-state index is 0.134. The summed E-state index contributed by atoms with van der Waals surface area (Å²) in [6, 6.07) is 0. The summed E-state index contributed by atoms with van der Waals surface area (Å²) in [6.45, 7) is 1.50. The highest BCUT2D eigenvalue weighted by atomic mass is 16.5. The van der Waals surface area contributed by atoms with Crippen LogP contribution in [0, 0.1) is 17.8 Å². The standard InChI is InChI=1S/C12H14O2/c1-7(13)14-12-6-8-5-11(12)10-4-2-3-9(8)10/h2-4,8-9,11-12H,5-6H2,1H3. The number of rotatable bonds is 1. The monoisotopic (exact) mass is 190 g/mol. The molecule has 0 N–H and O–H groups in total. The van der Waals surface area contributed by atoms with Gasteiger partial charge in [0.25, 0.3) is 0 Å². The van der Waals surface area contributed by atoms with Crippen LogP contribution in [0.3, 0.4) is 0 Å². The molecule has 3 aliphatic rings. The van der Waals surface area contributed by atoms with Crippen LogP contribution in [0.15, 0.2) is 23.8 Å². The van der Waals surface area contributed by atoms with Gasteiger partial charge in [0.2, 0.25) is 0 Å². The first-order valence-corrected chi connectivity index (χ1v) is 5.31. The highest BCUT2D eigenvalue weighted by molar-refractivity contribution is 5.66. The molecule has 2 nitrogen and oxygen atoms in total. The fourth-order valence-corrected chi connectivity index (χ4v) is 3.33. The molecular weight excluding hydrogens is 176 g/mol. The van der Waals surface area contributed by atoms with Crippen LogP contribution >= 0.6 is 0 Å². The fraction of sp³-hybridized carbons (Fsp3) is 0.583. The first kappa shape index (κ1) is 8.27. The maximum absolute atomic E-state index is 10.9. The number of allylic oxidation sites excluding steroid dienone is 3. The third kappa shape index (κ3) is 0.999. The van der Waals surface area contributed by atoms with E-state index in [1.54, 1.807) is 0 Å². The van der Waals surface area contributed by atoms with E-state index in [0.717, 1.165) is 12.3 Å². The Labute approximate surface area is 83.6 Å². The molecular formula is C12H14O2. The molecule has 0 amide bonds. The summed E-state index contributed by atoms with van der Waals surface area (Å²) < 4.78 is 5.35. The summed E-state index contributed by atoms with van der Waals surface area (Å²) in [6.07, 6.45) is 9.11. The number of fused-ring (bicyclic) bond motifs is 5. The molecule has 0 radical (unpaired) electrons. The highest BCUT2D eigenvalue weighted by Crippen LogP contribution is 2.55. The van der Waals surface area contributed by atoms with Crippen molar-refractivity contribution < 1.29 is 9.53 Å². The van der Waals surface area contributed by atoms with Crippen LogP contribution in [-0.2, 0) is 9.53 Å². The lowest BCUT2D eigenvalue weighted by Gasteiger charge is -2.26. The van der Waals surface area contributed by atoms with Gasteiger partial charge in [-0.3, -0.25) is 4.79 Å². The molecule has 2 saturated carbocycles. The average molecular weight is 190 g/mol. The predicted molar refractivity (Wildman–Crippen MR) is 52.5 cm³/mol. The maximum atomic E-state index is 10.9. The van der Waals surface area contributed by atoms with E-state index in [1.165, 1.54) is 18.9 Å². The van der Waals surface area contributed by atoms with Crippen LogP contribution in [0.25, 0.3) is 0 Å². The topological polar surface area (TPSA) is 26.3 Å². The second-order valence-corrected chi connectivity index (χ2v) is 4.56. The van der Waals surface area contributed by atoms with Crippen LogP contribution in [-0.4, -0.2) is 12.1 Å². The van der Waals surface area contributed by atoms with E-state index in [2.05, 4.69) is 18.2 Å². The fourth-order valence-electron chi connectivity index (χ4n) is 3.33. The van der Waals surface area contributed by atoms with Crippen LogP contribution in [0.5, 0.6) is 0 Å². The van der Waals surface area contributed by atoms with Crippen molar-refractivity contribution in [1.29, 1.82) is 0 Å². The van der Waals surface area contributed by atoms with E-state index < -0.39 is 0 Å². The smallest absolute Gasteiger partial charge is 0.302 e. The molecule has 14 heavy (non-hydrogen) atoms. The molecule has 2 bridgehead atoms. The number of ether oxygens (including phenoxy) is 1. The van der Waals surface area contributed by atoms with Crippen molar-refractivity contribution in [2.75, 3.05) is 0 Å². The Hall–Kier alpha value is -1.05. The zero-order valence-electron chi connectivity index (χ0n) is 8.27. The summed E-state index contributed by atoms with van der Waals surface area (Å²) in [5, 5.41) is 0. The Morgan fingerprint density at radius 3 is 3.14 bits per heavy atom. The number of hydrogen-bond donors (Lipinski definition) is 0. The van der Waals surface area contributed by atoms with Crippen molar-refractivity contribution in [2.45, 2.75) is 25.9 Å². The summed E-state index contributed by atoms with van der Waals surface area (Å²) in [5.41, 5.74) is 1.51. The zero-order valence-corrected chi connectivity index (χ0v) is 8.27. The van der Waals surface area contributed by atoms with Crippen LogP contribution in [0.1, 0.15) is 19.8 Å². The Morgan fingerprint density at radius 2 is 2.36 bits per heavy atom. The van der Waals surface area contributed by atoms with Gasteiger partial charge in [-0.15, -0.1) is 0 Å². The Balaban J connectivity index is 1.81. The maximum Gasteiger partial charge on any atom is 0.302 e. The van der Waals surface area contributed by atoms with E-state index >= 15 is 0 Å².